The van der Waals surface area contributed by atoms with Gasteiger partial charge in [0.15, 0.2) is 5.75 Å². The molecule has 182 valence electrons. The Kier molecular flexibility index (Phi) is 6.05. The van der Waals surface area contributed by atoms with E-state index >= 15 is 0 Å². The number of hydrogen-bond acceptors (Lipinski definition) is 8. The number of piperidine rings is 2. The van der Waals surface area contributed by atoms with Crippen molar-refractivity contribution in [1.82, 2.24) is 31.2 Å². The van der Waals surface area contributed by atoms with Crippen LogP contribution in [0.1, 0.15) is 19.3 Å². The highest BCUT2D eigenvalue weighted by molar-refractivity contribution is 8.04. The first-order chi connectivity index (χ1) is 17.2. The molecule has 1 aromatic carbocycles. The van der Waals surface area contributed by atoms with Gasteiger partial charge in [-0.2, -0.15) is 0 Å². The van der Waals surface area contributed by atoms with Gasteiger partial charge in [0, 0.05) is 24.2 Å². The molecule has 4 unspecified atom stereocenters. The largest absolute Gasteiger partial charge is 0.454 e. The van der Waals surface area contributed by atoms with Gasteiger partial charge >= 0.3 is 6.03 Å². The highest BCUT2D eigenvalue weighted by Crippen LogP contribution is 2.47. The SMILES string of the molecule is O=C(NC1CCCNC1)C1=C2NC(=O)N(c3ncc(Oc4ccccc4)cn3)C3CCNC(S1)C23. The van der Waals surface area contributed by atoms with Gasteiger partial charge in [0.2, 0.25) is 5.95 Å². The number of ether oxygens (including phenoxy) is 1. The quantitative estimate of drug-likeness (QED) is 0.499. The van der Waals surface area contributed by atoms with Crippen LogP contribution in [0.3, 0.4) is 0 Å². The first-order valence-corrected chi connectivity index (χ1v) is 12.9. The van der Waals surface area contributed by atoms with Crippen LogP contribution in [0.2, 0.25) is 0 Å². The lowest BCUT2D eigenvalue weighted by Crippen LogP contribution is -2.62. The van der Waals surface area contributed by atoms with E-state index in [0.717, 1.165) is 38.9 Å². The monoisotopic (exact) mass is 493 g/mol. The Labute approximate surface area is 207 Å². The maximum Gasteiger partial charge on any atom is 0.328 e. The number of nitrogens with one attached hydrogen (secondary N) is 4. The molecule has 2 aromatic rings. The number of anilines is 1. The third-order valence-corrected chi connectivity index (χ3v) is 8.14. The molecule has 10 nitrogen and oxygen atoms in total. The lowest BCUT2D eigenvalue weighted by atomic mass is 9.87. The Balaban J connectivity index is 1.22. The number of amides is 3. The van der Waals surface area contributed by atoms with Gasteiger partial charge in [-0.15, -0.1) is 0 Å². The van der Waals surface area contributed by atoms with Crippen LogP contribution in [-0.2, 0) is 4.79 Å². The summed E-state index contributed by atoms with van der Waals surface area (Å²) in [5.41, 5.74) is 0.712. The number of urea groups is 1. The Bertz CT molecular complexity index is 1140. The molecule has 4 aliphatic rings. The summed E-state index contributed by atoms with van der Waals surface area (Å²) in [5.74, 6) is 1.35. The van der Waals surface area contributed by atoms with Crippen molar-refractivity contribution < 1.29 is 14.3 Å². The van der Waals surface area contributed by atoms with Crippen molar-refractivity contribution in [2.45, 2.75) is 36.7 Å². The number of hydrogen-bond donors (Lipinski definition) is 4. The standard InChI is InChI=1S/C24H27N7O3S/c32-21(29-14-5-4-9-25-11-14)20-19-18-17(8-10-26-22(18)35-20)31(24(33)30-19)23-27-12-16(13-28-23)34-15-6-2-1-3-7-15/h1-3,6-7,12-14,17-18,22,25-26H,4-5,8-11H2,(H,29,32)(H,30,33). The number of aromatic nitrogens is 2. The predicted molar refractivity (Wildman–Crippen MR) is 132 cm³/mol. The molecule has 4 N–H and O–H groups in total. The van der Waals surface area contributed by atoms with Gasteiger partial charge in [0.25, 0.3) is 5.91 Å². The molecular formula is C24H27N7O3S. The summed E-state index contributed by atoms with van der Waals surface area (Å²) in [5, 5.41) is 13.0. The molecule has 1 aromatic heterocycles. The van der Waals surface area contributed by atoms with Crippen LogP contribution >= 0.6 is 11.8 Å². The van der Waals surface area contributed by atoms with E-state index in [9.17, 15) is 9.59 Å². The molecule has 0 spiro atoms. The summed E-state index contributed by atoms with van der Waals surface area (Å²) in [4.78, 5) is 37.5. The second-order valence-corrected chi connectivity index (χ2v) is 10.2. The molecule has 11 heteroatoms. The van der Waals surface area contributed by atoms with E-state index in [-0.39, 0.29) is 35.3 Å². The second-order valence-electron chi connectivity index (χ2n) is 9.07. The molecule has 4 atom stereocenters. The van der Waals surface area contributed by atoms with Crippen LogP contribution in [0.15, 0.2) is 53.3 Å². The lowest BCUT2D eigenvalue weighted by Gasteiger charge is -2.44. The van der Waals surface area contributed by atoms with Crippen LogP contribution in [-0.4, -0.2) is 59.0 Å². The van der Waals surface area contributed by atoms with Crippen molar-refractivity contribution in [2.24, 2.45) is 5.92 Å². The van der Waals surface area contributed by atoms with Crippen LogP contribution < -0.4 is 30.9 Å². The fourth-order valence-corrected chi connectivity index (χ4v) is 6.59. The lowest BCUT2D eigenvalue weighted by molar-refractivity contribution is -0.117. The van der Waals surface area contributed by atoms with Gasteiger partial charge < -0.3 is 26.0 Å². The number of nitrogens with zero attached hydrogens (tertiary/aromatic N) is 3. The number of rotatable bonds is 5. The average Bonchev–Trinajstić information content (AvgIpc) is 3.26. The van der Waals surface area contributed by atoms with Gasteiger partial charge in [-0.3, -0.25) is 9.69 Å². The minimum absolute atomic E-state index is 0.0118. The fraction of sp³-hybridized carbons (Fsp3) is 0.417. The minimum atomic E-state index is -0.314. The first kappa shape index (κ1) is 22.3. The Morgan fingerprint density at radius 2 is 1.94 bits per heavy atom. The zero-order valence-corrected chi connectivity index (χ0v) is 19.9. The van der Waals surface area contributed by atoms with Crippen molar-refractivity contribution in [2.75, 3.05) is 24.5 Å². The van der Waals surface area contributed by atoms with Gasteiger partial charge in [-0.25, -0.2) is 14.8 Å². The Morgan fingerprint density at radius 3 is 2.71 bits per heavy atom. The molecule has 0 saturated carbocycles. The summed E-state index contributed by atoms with van der Waals surface area (Å²) >= 11 is 1.50. The number of carbonyl (C=O) groups is 2. The number of benzene rings is 1. The van der Waals surface area contributed by atoms with Crippen LogP contribution in [0, 0.1) is 5.92 Å². The topological polar surface area (TPSA) is 121 Å². The van der Waals surface area contributed by atoms with E-state index in [0.29, 0.717) is 28.0 Å². The average molecular weight is 494 g/mol. The molecule has 5 heterocycles. The molecular weight excluding hydrogens is 466 g/mol. The van der Waals surface area contributed by atoms with E-state index in [1.165, 1.54) is 11.8 Å². The van der Waals surface area contributed by atoms with Crippen molar-refractivity contribution in [1.29, 1.82) is 0 Å². The zero-order chi connectivity index (χ0) is 23.8. The molecule has 35 heavy (non-hydrogen) atoms. The maximum absolute atomic E-state index is 13.3. The molecule has 3 amide bonds. The predicted octanol–water partition coefficient (Wildman–Crippen LogP) is 1.93. The fourth-order valence-electron chi connectivity index (χ4n) is 5.19. The van der Waals surface area contributed by atoms with Gasteiger partial charge in [0.05, 0.1) is 28.7 Å². The minimum Gasteiger partial charge on any atom is -0.454 e. The van der Waals surface area contributed by atoms with Crippen LogP contribution in [0.5, 0.6) is 11.5 Å². The van der Waals surface area contributed by atoms with E-state index in [1.54, 1.807) is 17.3 Å². The summed E-state index contributed by atoms with van der Waals surface area (Å²) in [6, 6.07) is 9.06. The first-order valence-electron chi connectivity index (χ1n) is 12.0. The summed E-state index contributed by atoms with van der Waals surface area (Å²) in [6.45, 7) is 2.50. The van der Waals surface area contributed by atoms with Gasteiger partial charge in [-0.1, -0.05) is 30.0 Å². The normalized spacial score (nSPS) is 27.8. The molecule has 3 saturated heterocycles. The Morgan fingerprint density at radius 1 is 1.11 bits per heavy atom. The summed E-state index contributed by atoms with van der Waals surface area (Å²) in [7, 11) is 0. The van der Waals surface area contributed by atoms with Crippen molar-refractivity contribution in [3.05, 3.63) is 53.3 Å². The highest BCUT2D eigenvalue weighted by Gasteiger charge is 2.52. The molecule has 0 aliphatic carbocycles. The number of para-hydroxylation sites is 1. The summed E-state index contributed by atoms with van der Waals surface area (Å²) in [6.07, 6.45) is 5.90. The molecule has 6 rings (SSSR count). The van der Waals surface area contributed by atoms with Crippen molar-refractivity contribution >= 4 is 29.6 Å². The number of carbonyl (C=O) groups excluding carboxylic acids is 2. The molecule has 0 radical (unpaired) electrons. The maximum atomic E-state index is 13.3. The third-order valence-electron chi connectivity index (χ3n) is 6.79. The highest BCUT2D eigenvalue weighted by atomic mass is 32.2. The molecule has 3 fully saturated rings. The van der Waals surface area contributed by atoms with E-state index < -0.39 is 0 Å². The van der Waals surface area contributed by atoms with Gasteiger partial charge in [-0.05, 0) is 44.5 Å². The second kappa shape index (κ2) is 9.48. The molecule has 4 aliphatic heterocycles. The zero-order valence-electron chi connectivity index (χ0n) is 19.1. The third kappa shape index (κ3) is 4.35. The van der Waals surface area contributed by atoms with E-state index in [1.807, 2.05) is 30.3 Å². The van der Waals surface area contributed by atoms with E-state index in [4.69, 9.17) is 4.74 Å². The van der Waals surface area contributed by atoms with E-state index in [2.05, 4.69) is 31.2 Å². The van der Waals surface area contributed by atoms with Gasteiger partial charge in [0.1, 0.15) is 5.75 Å². The van der Waals surface area contributed by atoms with Crippen LogP contribution in [0.4, 0.5) is 10.7 Å². The number of thioether (sulfide) groups is 1. The summed E-state index contributed by atoms with van der Waals surface area (Å²) < 4.78 is 5.79. The molecule has 0 bridgehead atoms. The Hall–Kier alpha value is -3.15. The smallest absolute Gasteiger partial charge is 0.328 e. The van der Waals surface area contributed by atoms with Crippen molar-refractivity contribution in [3.63, 3.8) is 0 Å². The van der Waals surface area contributed by atoms with Crippen molar-refractivity contribution in [3.8, 4) is 11.5 Å². The van der Waals surface area contributed by atoms with Crippen LogP contribution in [0.25, 0.3) is 0 Å².